The Hall–Kier alpha value is -2.91. The summed E-state index contributed by atoms with van der Waals surface area (Å²) >= 11 is 0. The standard InChI is InChI=1S/C27H38N2O4/c1-20(2)27(19-28,22-10-12-24(31-5)26(18-22)33-7)14-8-15-29(3)16-13-21-9-11-23(30-4)25(17-21)32-6/h9-12,17-18,20H,8,13-16H2,1-7H3/t27-/m0/s1/i1D3,2D3,20D. The van der Waals surface area contributed by atoms with E-state index in [2.05, 4.69) is 0 Å². The molecule has 0 aliphatic heterocycles. The van der Waals surface area contributed by atoms with E-state index in [4.69, 9.17) is 28.5 Å². The Bertz CT molecular complexity index is 1170. The van der Waals surface area contributed by atoms with Crippen LogP contribution in [0.15, 0.2) is 36.4 Å². The zero-order valence-electron chi connectivity index (χ0n) is 27.0. The molecule has 0 aliphatic carbocycles. The van der Waals surface area contributed by atoms with E-state index < -0.39 is 25.0 Å². The number of benzene rings is 2. The topological polar surface area (TPSA) is 64.0 Å². The van der Waals surface area contributed by atoms with Crippen molar-refractivity contribution in [2.75, 3.05) is 48.6 Å². The number of nitriles is 1. The van der Waals surface area contributed by atoms with Crippen LogP contribution in [-0.2, 0) is 11.8 Å². The van der Waals surface area contributed by atoms with Gasteiger partial charge in [-0.1, -0.05) is 25.8 Å². The molecule has 0 radical (unpaired) electrons. The van der Waals surface area contributed by atoms with Gasteiger partial charge in [0.25, 0.3) is 0 Å². The van der Waals surface area contributed by atoms with Gasteiger partial charge in [0.2, 0.25) is 0 Å². The van der Waals surface area contributed by atoms with E-state index in [0.29, 0.717) is 36.8 Å². The molecule has 0 bridgehead atoms. The Labute approximate surface area is 208 Å². The van der Waals surface area contributed by atoms with Gasteiger partial charge >= 0.3 is 0 Å². The molecular weight excluding hydrogens is 416 g/mol. The van der Waals surface area contributed by atoms with Gasteiger partial charge in [0.15, 0.2) is 23.0 Å². The smallest absolute Gasteiger partial charge is 0.161 e. The molecule has 2 rings (SSSR count). The zero-order valence-corrected chi connectivity index (χ0v) is 20.0. The Morgan fingerprint density at radius 1 is 0.939 bits per heavy atom. The molecule has 0 unspecified atom stereocenters. The van der Waals surface area contributed by atoms with Crippen LogP contribution in [0.1, 0.15) is 47.3 Å². The monoisotopic (exact) mass is 461 g/mol. The number of hydrogen-bond donors (Lipinski definition) is 0. The number of ether oxygens (including phenoxy) is 4. The van der Waals surface area contributed by atoms with Crippen LogP contribution in [0.2, 0.25) is 0 Å². The zero-order chi connectivity index (χ0) is 30.4. The summed E-state index contributed by atoms with van der Waals surface area (Å²) in [5, 5.41) is 10.5. The van der Waals surface area contributed by atoms with Gasteiger partial charge in [-0.15, -0.1) is 0 Å². The van der Waals surface area contributed by atoms with Crippen LogP contribution in [0, 0.1) is 17.2 Å². The average molecular weight is 462 g/mol. The van der Waals surface area contributed by atoms with E-state index in [9.17, 15) is 5.26 Å². The second-order valence-corrected chi connectivity index (χ2v) is 7.81. The van der Waals surface area contributed by atoms with Gasteiger partial charge in [-0.3, -0.25) is 0 Å². The second kappa shape index (κ2) is 12.4. The molecule has 0 aromatic heterocycles. The molecule has 0 spiro atoms. The van der Waals surface area contributed by atoms with Crippen molar-refractivity contribution in [2.45, 2.75) is 38.4 Å². The van der Waals surface area contributed by atoms with E-state index in [0.717, 1.165) is 5.56 Å². The van der Waals surface area contributed by atoms with Gasteiger partial charge < -0.3 is 23.8 Å². The number of likely N-dealkylation sites (N-methyl/N-ethyl adjacent to an activating group) is 1. The minimum atomic E-state index is -3.31. The number of hydrogen-bond acceptors (Lipinski definition) is 6. The fourth-order valence-electron chi connectivity index (χ4n) is 3.77. The van der Waals surface area contributed by atoms with Gasteiger partial charge in [-0.2, -0.15) is 5.26 Å². The molecule has 33 heavy (non-hydrogen) atoms. The largest absolute Gasteiger partial charge is 0.493 e. The number of nitrogens with zero attached hydrogens (tertiary/aromatic N) is 2. The van der Waals surface area contributed by atoms with E-state index in [-0.39, 0.29) is 24.2 Å². The van der Waals surface area contributed by atoms with Crippen LogP contribution in [0.4, 0.5) is 0 Å². The van der Waals surface area contributed by atoms with E-state index in [1.165, 1.54) is 32.4 Å². The summed E-state index contributed by atoms with van der Waals surface area (Å²) in [4.78, 5) is 2.00. The molecule has 0 saturated carbocycles. The molecule has 180 valence electrons. The molecule has 1 atom stereocenters. The first-order valence-electron chi connectivity index (χ1n) is 14.2. The van der Waals surface area contributed by atoms with Crippen molar-refractivity contribution in [3.8, 4) is 29.1 Å². The summed E-state index contributed by atoms with van der Waals surface area (Å²) in [5.41, 5.74) is -1.12. The van der Waals surface area contributed by atoms with Crippen LogP contribution in [0.25, 0.3) is 0 Å². The number of rotatable bonds is 13. The molecular formula is C27H38N2O4. The van der Waals surface area contributed by atoms with Crippen molar-refractivity contribution < 1.29 is 28.5 Å². The van der Waals surface area contributed by atoms with Crippen molar-refractivity contribution in [3.05, 3.63) is 47.5 Å². The Morgan fingerprint density at radius 3 is 2.12 bits per heavy atom. The maximum Gasteiger partial charge on any atom is 0.161 e. The SMILES string of the molecule is [2H]C([2H])([2H])C([2H])(C([2H])([2H])[2H])[C@@](C#N)(CCCN(C)CCc1ccc(OC)c(OC)c1)c1ccc(OC)c(OC)c1. The lowest BCUT2D eigenvalue weighted by molar-refractivity contribution is 0.292. The third-order valence-corrected chi connectivity index (χ3v) is 5.82. The summed E-state index contributed by atoms with van der Waals surface area (Å²) < 4.78 is 79.0. The Kier molecular flexibility index (Phi) is 6.57. The summed E-state index contributed by atoms with van der Waals surface area (Å²) in [7, 11) is 7.82. The van der Waals surface area contributed by atoms with E-state index >= 15 is 0 Å². The van der Waals surface area contributed by atoms with Crippen LogP contribution in [-0.4, -0.2) is 53.5 Å². The normalized spacial score (nSPS) is 17.1. The van der Waals surface area contributed by atoms with E-state index in [1.54, 1.807) is 14.2 Å². The van der Waals surface area contributed by atoms with Gasteiger partial charge in [0, 0.05) is 16.1 Å². The van der Waals surface area contributed by atoms with Crippen molar-refractivity contribution in [2.24, 2.45) is 5.89 Å². The molecule has 6 nitrogen and oxygen atoms in total. The molecule has 0 N–H and O–H groups in total. The molecule has 2 aromatic rings. The maximum atomic E-state index is 10.5. The van der Waals surface area contributed by atoms with Crippen molar-refractivity contribution in [1.82, 2.24) is 4.90 Å². The van der Waals surface area contributed by atoms with Crippen LogP contribution in [0.5, 0.6) is 23.0 Å². The first-order valence-corrected chi connectivity index (χ1v) is 10.7. The van der Waals surface area contributed by atoms with Gasteiger partial charge in [-0.25, -0.2) is 0 Å². The maximum absolute atomic E-state index is 10.5. The summed E-state index contributed by atoms with van der Waals surface area (Å²) in [5.74, 6) is -1.35. The summed E-state index contributed by atoms with van der Waals surface area (Å²) in [6.07, 6.45) is 0.764. The highest BCUT2D eigenvalue weighted by molar-refractivity contribution is 5.47. The van der Waals surface area contributed by atoms with Crippen LogP contribution in [0.3, 0.4) is 0 Å². The van der Waals surface area contributed by atoms with Crippen molar-refractivity contribution in [3.63, 3.8) is 0 Å². The quantitative estimate of drug-likeness (QED) is 0.414. The van der Waals surface area contributed by atoms with Crippen molar-refractivity contribution in [1.29, 1.82) is 5.26 Å². The molecule has 0 fully saturated rings. The molecule has 0 amide bonds. The second-order valence-electron chi connectivity index (χ2n) is 7.81. The van der Waals surface area contributed by atoms with Crippen molar-refractivity contribution >= 4 is 0 Å². The minimum absolute atomic E-state index is 0.0721. The Balaban J connectivity index is 2.39. The molecule has 0 saturated heterocycles. The Morgan fingerprint density at radius 2 is 1.55 bits per heavy atom. The first-order chi connectivity index (χ1) is 18.6. The molecule has 0 aliphatic rings. The fourth-order valence-corrected chi connectivity index (χ4v) is 3.77. The molecule has 0 heterocycles. The molecule has 6 heteroatoms. The van der Waals surface area contributed by atoms with Crippen LogP contribution >= 0.6 is 0 Å². The predicted octanol–water partition coefficient (Wildman–Crippen LogP) is 5.09. The highest BCUT2D eigenvalue weighted by atomic mass is 16.5. The lowest BCUT2D eigenvalue weighted by Crippen LogP contribution is -2.32. The molecule has 2 aromatic carbocycles. The fraction of sp³-hybridized carbons (Fsp3) is 0.519. The lowest BCUT2D eigenvalue weighted by atomic mass is 9.69. The van der Waals surface area contributed by atoms with E-state index in [1.807, 2.05) is 36.2 Å². The van der Waals surface area contributed by atoms with Crippen LogP contribution < -0.4 is 18.9 Å². The third-order valence-electron chi connectivity index (χ3n) is 5.82. The van der Waals surface area contributed by atoms with Gasteiger partial charge in [0.05, 0.1) is 39.9 Å². The summed E-state index contributed by atoms with van der Waals surface area (Å²) in [6, 6.07) is 12.0. The highest BCUT2D eigenvalue weighted by Gasteiger charge is 2.36. The first kappa shape index (κ1) is 17.6. The van der Waals surface area contributed by atoms with Gasteiger partial charge in [-0.05, 0) is 74.1 Å². The predicted molar refractivity (Wildman–Crippen MR) is 132 cm³/mol. The highest BCUT2D eigenvalue weighted by Crippen LogP contribution is 2.40. The summed E-state index contributed by atoms with van der Waals surface area (Å²) in [6.45, 7) is -5.54. The number of methoxy groups -OCH3 is 4. The third kappa shape index (κ3) is 6.33. The average Bonchev–Trinajstić information content (AvgIpc) is 2.92. The lowest BCUT2D eigenvalue weighted by Gasteiger charge is -2.32. The minimum Gasteiger partial charge on any atom is -0.493 e. The van der Waals surface area contributed by atoms with Gasteiger partial charge in [0.1, 0.15) is 0 Å².